The van der Waals surface area contributed by atoms with Crippen LogP contribution in [0.25, 0.3) is 0 Å². The predicted octanol–water partition coefficient (Wildman–Crippen LogP) is 1.26. The van der Waals surface area contributed by atoms with Gasteiger partial charge in [0.2, 0.25) is 0 Å². The van der Waals surface area contributed by atoms with Crippen molar-refractivity contribution in [3.63, 3.8) is 0 Å². The minimum absolute atomic E-state index is 0.0313. The number of aliphatic hydroxyl groups excluding tert-OH is 1. The van der Waals surface area contributed by atoms with Crippen LogP contribution in [0.3, 0.4) is 0 Å². The maximum Gasteiger partial charge on any atom is 0.179 e. The van der Waals surface area contributed by atoms with Crippen molar-refractivity contribution < 1.29 is 14.6 Å². The van der Waals surface area contributed by atoms with Crippen molar-refractivity contribution in [1.29, 1.82) is 5.26 Å². The smallest absolute Gasteiger partial charge is 0.179 e. The van der Waals surface area contributed by atoms with E-state index in [9.17, 15) is 0 Å². The summed E-state index contributed by atoms with van der Waals surface area (Å²) in [4.78, 5) is 0. The van der Waals surface area contributed by atoms with Crippen LogP contribution in [0.15, 0.2) is 12.1 Å². The number of halogens is 1. The summed E-state index contributed by atoms with van der Waals surface area (Å²) in [6.07, 6.45) is 0. The first kappa shape index (κ1) is 13.0. The summed E-state index contributed by atoms with van der Waals surface area (Å²) in [5, 5.41) is 21.2. The average Bonchev–Trinajstić information content (AvgIpc) is 2.40. The quantitative estimate of drug-likeness (QED) is 0.860. The van der Waals surface area contributed by atoms with Gasteiger partial charge in [-0.05, 0) is 17.7 Å². The summed E-state index contributed by atoms with van der Waals surface area (Å²) in [5.41, 5.74) is 0.695. The summed E-state index contributed by atoms with van der Waals surface area (Å²) in [6, 6.07) is 4.98. The zero-order valence-corrected chi connectivity index (χ0v) is 10.4. The lowest BCUT2D eigenvalue weighted by Crippen LogP contribution is -2.24. The van der Waals surface area contributed by atoms with Crippen LogP contribution >= 0.6 is 11.6 Å². The van der Waals surface area contributed by atoms with Gasteiger partial charge in [0, 0.05) is 6.54 Å². The molecule has 1 heterocycles. The van der Waals surface area contributed by atoms with Crippen LogP contribution in [-0.4, -0.2) is 31.5 Å². The van der Waals surface area contributed by atoms with E-state index in [1.54, 1.807) is 12.1 Å². The number of ether oxygens (including phenoxy) is 2. The third kappa shape index (κ3) is 2.67. The third-order valence-electron chi connectivity index (χ3n) is 2.54. The van der Waals surface area contributed by atoms with Crippen LogP contribution in [0.4, 0.5) is 0 Å². The third-order valence-corrected chi connectivity index (χ3v) is 2.82. The molecule has 0 fully saturated rings. The van der Waals surface area contributed by atoms with Crippen LogP contribution in [0, 0.1) is 11.3 Å². The van der Waals surface area contributed by atoms with Crippen LogP contribution in [-0.2, 0) is 0 Å². The minimum atomic E-state index is -0.537. The molecule has 0 amide bonds. The van der Waals surface area contributed by atoms with Gasteiger partial charge < -0.3 is 14.6 Å². The Bertz CT molecular complexity index is 473. The average molecular weight is 269 g/mol. The minimum Gasteiger partial charge on any atom is -0.486 e. The van der Waals surface area contributed by atoms with Gasteiger partial charge in [0.05, 0.1) is 17.7 Å². The molecule has 6 heteroatoms. The molecule has 1 aliphatic heterocycles. The van der Waals surface area contributed by atoms with E-state index in [1.165, 1.54) is 0 Å². The van der Waals surface area contributed by atoms with E-state index in [-0.39, 0.29) is 6.61 Å². The highest BCUT2D eigenvalue weighted by Gasteiger charge is 2.20. The molecule has 0 saturated heterocycles. The van der Waals surface area contributed by atoms with Crippen molar-refractivity contribution in [2.24, 2.45) is 0 Å². The van der Waals surface area contributed by atoms with Gasteiger partial charge in [-0.1, -0.05) is 11.6 Å². The van der Waals surface area contributed by atoms with E-state index in [2.05, 4.69) is 11.4 Å². The van der Waals surface area contributed by atoms with Gasteiger partial charge >= 0.3 is 0 Å². The first-order chi connectivity index (χ1) is 8.76. The summed E-state index contributed by atoms with van der Waals surface area (Å²) in [5.74, 6) is 1.07. The van der Waals surface area contributed by atoms with Crippen LogP contribution in [0.5, 0.6) is 11.5 Å². The summed E-state index contributed by atoms with van der Waals surface area (Å²) in [6.45, 7) is 1.24. The van der Waals surface area contributed by atoms with Gasteiger partial charge in [-0.25, -0.2) is 0 Å². The largest absolute Gasteiger partial charge is 0.486 e. The number of rotatable bonds is 4. The number of fused-ring (bicyclic) bond motifs is 1. The van der Waals surface area contributed by atoms with Gasteiger partial charge in [0.1, 0.15) is 19.3 Å². The fourth-order valence-corrected chi connectivity index (χ4v) is 2.02. The number of hydrogen-bond donors (Lipinski definition) is 2. The lowest BCUT2D eigenvalue weighted by Gasteiger charge is -2.21. The van der Waals surface area contributed by atoms with Gasteiger partial charge in [0.15, 0.2) is 11.5 Å². The molecule has 1 aromatic rings. The standard InChI is InChI=1S/C12H13ClN2O3/c13-9-5-8(10(7-14)15-1-2-16)6-11-12(9)18-4-3-17-11/h5-6,10,15-16H,1-4H2. The first-order valence-electron chi connectivity index (χ1n) is 5.59. The van der Waals surface area contributed by atoms with Gasteiger partial charge in [-0.2, -0.15) is 5.26 Å². The molecule has 2 N–H and O–H groups in total. The van der Waals surface area contributed by atoms with E-state index in [0.29, 0.717) is 41.8 Å². The fourth-order valence-electron chi connectivity index (χ4n) is 1.74. The molecule has 0 spiro atoms. The molecule has 1 aliphatic rings. The van der Waals surface area contributed by atoms with E-state index >= 15 is 0 Å². The molecule has 0 bridgehead atoms. The zero-order valence-electron chi connectivity index (χ0n) is 9.65. The first-order valence-corrected chi connectivity index (χ1v) is 5.97. The second kappa shape index (κ2) is 5.91. The monoisotopic (exact) mass is 268 g/mol. The fraction of sp³-hybridized carbons (Fsp3) is 0.417. The molecule has 0 aliphatic carbocycles. The molecular weight excluding hydrogens is 256 g/mol. The number of nitrogens with one attached hydrogen (secondary N) is 1. The van der Waals surface area contributed by atoms with Crippen molar-refractivity contribution in [2.75, 3.05) is 26.4 Å². The Morgan fingerprint density at radius 3 is 2.94 bits per heavy atom. The highest BCUT2D eigenvalue weighted by molar-refractivity contribution is 6.32. The normalized spacial score (nSPS) is 14.9. The van der Waals surface area contributed by atoms with Crippen molar-refractivity contribution in [3.05, 3.63) is 22.7 Å². The van der Waals surface area contributed by atoms with Gasteiger partial charge in [-0.15, -0.1) is 0 Å². The molecule has 96 valence electrons. The van der Waals surface area contributed by atoms with E-state index in [1.807, 2.05) is 0 Å². The molecule has 18 heavy (non-hydrogen) atoms. The second-order valence-corrected chi connectivity index (χ2v) is 4.17. The van der Waals surface area contributed by atoms with E-state index in [0.717, 1.165) is 0 Å². The molecule has 0 aromatic heterocycles. The highest BCUT2D eigenvalue weighted by atomic mass is 35.5. The molecular formula is C12H13ClN2O3. The predicted molar refractivity (Wildman–Crippen MR) is 65.9 cm³/mol. The Labute approximate surface area is 110 Å². The van der Waals surface area contributed by atoms with E-state index in [4.69, 9.17) is 31.4 Å². The maximum absolute atomic E-state index is 9.09. The van der Waals surface area contributed by atoms with Crippen LogP contribution < -0.4 is 14.8 Å². The number of aliphatic hydroxyl groups is 1. The summed E-state index contributed by atoms with van der Waals surface area (Å²) >= 11 is 6.09. The van der Waals surface area contributed by atoms with Gasteiger partial charge in [-0.3, -0.25) is 5.32 Å². The SMILES string of the molecule is N#CC(NCCO)c1cc(Cl)c2c(c1)OCCO2. The van der Waals surface area contributed by atoms with Crippen LogP contribution in [0.1, 0.15) is 11.6 Å². The Balaban J connectivity index is 2.28. The Hall–Kier alpha value is -1.48. The number of nitriles is 1. The molecule has 1 aromatic carbocycles. The van der Waals surface area contributed by atoms with Crippen molar-refractivity contribution in [1.82, 2.24) is 5.32 Å². The second-order valence-electron chi connectivity index (χ2n) is 3.77. The lowest BCUT2D eigenvalue weighted by molar-refractivity contribution is 0.171. The summed E-state index contributed by atoms with van der Waals surface area (Å²) in [7, 11) is 0. The maximum atomic E-state index is 9.09. The van der Waals surface area contributed by atoms with E-state index < -0.39 is 6.04 Å². The number of nitrogens with zero attached hydrogens (tertiary/aromatic N) is 1. The number of benzene rings is 1. The highest BCUT2D eigenvalue weighted by Crippen LogP contribution is 2.39. The Morgan fingerprint density at radius 2 is 2.22 bits per heavy atom. The molecule has 2 rings (SSSR count). The van der Waals surface area contributed by atoms with Crippen LogP contribution in [0.2, 0.25) is 5.02 Å². The molecule has 5 nitrogen and oxygen atoms in total. The topological polar surface area (TPSA) is 74.5 Å². The zero-order chi connectivity index (χ0) is 13.0. The molecule has 0 saturated carbocycles. The molecule has 0 radical (unpaired) electrons. The molecule has 1 unspecified atom stereocenters. The Kier molecular flexibility index (Phi) is 4.26. The summed E-state index contributed by atoms with van der Waals surface area (Å²) < 4.78 is 10.9. The van der Waals surface area contributed by atoms with Gasteiger partial charge in [0.25, 0.3) is 0 Å². The lowest BCUT2D eigenvalue weighted by atomic mass is 10.1. The Morgan fingerprint density at radius 1 is 1.44 bits per heavy atom. The number of hydrogen-bond acceptors (Lipinski definition) is 5. The van der Waals surface area contributed by atoms with Crippen molar-refractivity contribution in [3.8, 4) is 17.6 Å². The molecule has 1 atom stereocenters. The van der Waals surface area contributed by atoms with Crippen molar-refractivity contribution >= 4 is 11.6 Å². The van der Waals surface area contributed by atoms with Crippen molar-refractivity contribution in [2.45, 2.75) is 6.04 Å².